The van der Waals surface area contributed by atoms with Crippen LogP contribution >= 0.6 is 0 Å². The van der Waals surface area contributed by atoms with Crippen molar-refractivity contribution in [2.45, 2.75) is 40.3 Å². The zero-order chi connectivity index (χ0) is 18.1. The molecule has 1 aromatic carbocycles. The highest BCUT2D eigenvalue weighted by Gasteiger charge is 2.15. The van der Waals surface area contributed by atoms with E-state index in [0.717, 1.165) is 34.6 Å². The monoisotopic (exact) mass is 345 g/mol. The number of nitrogens with zero attached hydrogens (tertiary/aromatic N) is 2. The Bertz CT molecular complexity index is 898. The lowest BCUT2D eigenvalue weighted by Crippen LogP contribution is -2.18. The molecule has 6 heteroatoms. The Morgan fingerprint density at radius 2 is 1.88 bits per heavy atom. The van der Waals surface area contributed by atoms with Crippen molar-refractivity contribution in [1.29, 1.82) is 0 Å². The predicted octanol–water partition coefficient (Wildman–Crippen LogP) is 4.52. The molecule has 1 atom stereocenters. The van der Waals surface area contributed by atoms with E-state index in [-0.39, 0.29) is 6.04 Å². The summed E-state index contributed by atoms with van der Waals surface area (Å²) in [6.07, 6.45) is 0. The molecule has 3 rings (SSSR count). The SMILES string of the molecule is Cc1cc(-n2c(C)cc(CNC(C)c3ccc(F)c(F)c3)c2C)no1. The van der Waals surface area contributed by atoms with Crippen LogP contribution < -0.4 is 5.32 Å². The first-order chi connectivity index (χ1) is 11.9. The number of benzene rings is 1. The van der Waals surface area contributed by atoms with Crippen LogP contribution in [0.2, 0.25) is 0 Å². The number of rotatable bonds is 5. The van der Waals surface area contributed by atoms with Gasteiger partial charge in [-0.15, -0.1) is 0 Å². The quantitative estimate of drug-likeness (QED) is 0.739. The van der Waals surface area contributed by atoms with Crippen LogP contribution in [0.5, 0.6) is 0 Å². The van der Waals surface area contributed by atoms with Gasteiger partial charge < -0.3 is 14.4 Å². The number of halogens is 2. The van der Waals surface area contributed by atoms with Crippen molar-refractivity contribution >= 4 is 0 Å². The summed E-state index contributed by atoms with van der Waals surface area (Å²) in [7, 11) is 0. The van der Waals surface area contributed by atoms with Crippen LogP contribution in [0, 0.1) is 32.4 Å². The lowest BCUT2D eigenvalue weighted by molar-refractivity contribution is 0.394. The smallest absolute Gasteiger partial charge is 0.180 e. The van der Waals surface area contributed by atoms with Gasteiger partial charge in [0.15, 0.2) is 17.5 Å². The summed E-state index contributed by atoms with van der Waals surface area (Å²) >= 11 is 0. The first-order valence-corrected chi connectivity index (χ1v) is 8.16. The summed E-state index contributed by atoms with van der Waals surface area (Å²) in [6.45, 7) is 8.43. The number of aryl methyl sites for hydroxylation is 2. The Labute approximate surface area is 145 Å². The summed E-state index contributed by atoms with van der Waals surface area (Å²) in [4.78, 5) is 0. The molecule has 1 N–H and O–H groups in total. The molecule has 0 spiro atoms. The highest BCUT2D eigenvalue weighted by atomic mass is 19.2. The van der Waals surface area contributed by atoms with E-state index < -0.39 is 11.6 Å². The van der Waals surface area contributed by atoms with Crippen LogP contribution in [0.25, 0.3) is 5.82 Å². The van der Waals surface area contributed by atoms with Gasteiger partial charge in [-0.2, -0.15) is 0 Å². The fraction of sp³-hybridized carbons (Fsp3) is 0.316. The van der Waals surface area contributed by atoms with Crippen molar-refractivity contribution in [1.82, 2.24) is 15.0 Å². The molecule has 2 heterocycles. The van der Waals surface area contributed by atoms with Gasteiger partial charge in [-0.1, -0.05) is 11.2 Å². The lowest BCUT2D eigenvalue weighted by atomic mass is 10.1. The molecule has 0 fully saturated rings. The second-order valence-corrected chi connectivity index (χ2v) is 6.30. The van der Waals surface area contributed by atoms with Gasteiger partial charge in [0.2, 0.25) is 0 Å². The third-order valence-electron chi connectivity index (χ3n) is 4.42. The van der Waals surface area contributed by atoms with E-state index in [1.54, 1.807) is 6.07 Å². The van der Waals surface area contributed by atoms with Gasteiger partial charge in [0.25, 0.3) is 0 Å². The summed E-state index contributed by atoms with van der Waals surface area (Å²) in [6, 6.07) is 7.85. The molecule has 0 aliphatic rings. The predicted molar refractivity (Wildman–Crippen MR) is 91.7 cm³/mol. The van der Waals surface area contributed by atoms with Crippen molar-refractivity contribution < 1.29 is 13.3 Å². The van der Waals surface area contributed by atoms with Crippen molar-refractivity contribution in [3.8, 4) is 5.82 Å². The molecule has 0 aliphatic carbocycles. The Hall–Kier alpha value is -2.47. The second-order valence-electron chi connectivity index (χ2n) is 6.30. The maximum atomic E-state index is 13.4. The van der Waals surface area contributed by atoms with Gasteiger partial charge in [0.05, 0.1) is 0 Å². The first kappa shape index (κ1) is 17.4. The van der Waals surface area contributed by atoms with Crippen LogP contribution in [-0.4, -0.2) is 9.72 Å². The van der Waals surface area contributed by atoms with Gasteiger partial charge in [0, 0.05) is 30.0 Å². The van der Waals surface area contributed by atoms with Gasteiger partial charge in [-0.05, 0) is 57.0 Å². The molecule has 25 heavy (non-hydrogen) atoms. The molecule has 0 aliphatic heterocycles. The molecule has 4 nitrogen and oxygen atoms in total. The van der Waals surface area contributed by atoms with Crippen molar-refractivity contribution in [3.63, 3.8) is 0 Å². The molecular formula is C19H21F2N3O. The third-order valence-corrected chi connectivity index (χ3v) is 4.42. The molecular weight excluding hydrogens is 324 g/mol. The van der Waals surface area contributed by atoms with Gasteiger partial charge in [-0.3, -0.25) is 0 Å². The van der Waals surface area contributed by atoms with Crippen LogP contribution in [0.4, 0.5) is 8.78 Å². The maximum Gasteiger partial charge on any atom is 0.180 e. The molecule has 0 saturated carbocycles. The number of hydrogen-bond donors (Lipinski definition) is 1. The molecule has 0 saturated heterocycles. The van der Waals surface area contributed by atoms with E-state index in [4.69, 9.17) is 4.52 Å². The topological polar surface area (TPSA) is 43.0 Å². The van der Waals surface area contributed by atoms with Gasteiger partial charge in [-0.25, -0.2) is 8.78 Å². The Kier molecular flexibility index (Phi) is 4.72. The van der Waals surface area contributed by atoms with E-state index in [9.17, 15) is 8.78 Å². The largest absolute Gasteiger partial charge is 0.360 e. The maximum absolute atomic E-state index is 13.4. The van der Waals surface area contributed by atoms with Crippen molar-refractivity contribution in [2.24, 2.45) is 0 Å². The number of aromatic nitrogens is 2. The average molecular weight is 345 g/mol. The fourth-order valence-corrected chi connectivity index (χ4v) is 2.98. The zero-order valence-corrected chi connectivity index (χ0v) is 14.7. The van der Waals surface area contributed by atoms with E-state index in [2.05, 4.69) is 16.5 Å². The van der Waals surface area contributed by atoms with Crippen LogP contribution in [0.1, 0.15) is 41.2 Å². The van der Waals surface area contributed by atoms with E-state index in [1.165, 1.54) is 6.07 Å². The molecule has 0 amide bonds. The molecule has 0 bridgehead atoms. The van der Waals surface area contributed by atoms with E-state index in [1.807, 2.05) is 38.3 Å². The summed E-state index contributed by atoms with van der Waals surface area (Å²) < 4.78 is 33.7. The second kappa shape index (κ2) is 6.80. The molecule has 132 valence electrons. The summed E-state index contributed by atoms with van der Waals surface area (Å²) in [5, 5.41) is 7.43. The summed E-state index contributed by atoms with van der Waals surface area (Å²) in [5.41, 5.74) is 3.95. The van der Waals surface area contributed by atoms with Gasteiger partial charge >= 0.3 is 0 Å². The van der Waals surface area contributed by atoms with Crippen molar-refractivity contribution in [3.05, 3.63) is 70.2 Å². The van der Waals surface area contributed by atoms with Gasteiger partial charge in [0.1, 0.15) is 5.76 Å². The zero-order valence-electron chi connectivity index (χ0n) is 14.7. The molecule has 1 unspecified atom stereocenters. The fourth-order valence-electron chi connectivity index (χ4n) is 2.98. The van der Waals surface area contributed by atoms with E-state index in [0.29, 0.717) is 12.1 Å². The molecule has 3 aromatic rings. The Balaban J connectivity index is 1.76. The minimum Gasteiger partial charge on any atom is -0.360 e. The van der Waals surface area contributed by atoms with Crippen LogP contribution in [0.3, 0.4) is 0 Å². The number of hydrogen-bond acceptors (Lipinski definition) is 3. The minimum absolute atomic E-state index is 0.104. The normalized spacial score (nSPS) is 12.6. The van der Waals surface area contributed by atoms with Crippen LogP contribution in [0.15, 0.2) is 34.9 Å². The summed E-state index contributed by atoms with van der Waals surface area (Å²) in [5.74, 6) is -0.144. The van der Waals surface area contributed by atoms with Crippen LogP contribution in [-0.2, 0) is 6.54 Å². The minimum atomic E-state index is -0.831. The molecule has 2 aromatic heterocycles. The third kappa shape index (κ3) is 3.49. The molecule has 0 radical (unpaired) electrons. The standard InChI is InChI=1S/C19H21F2N3O/c1-11-7-16(14(4)24(11)19-8-12(2)25-23-19)10-22-13(3)15-5-6-17(20)18(21)9-15/h5-9,13,22H,10H2,1-4H3. The lowest BCUT2D eigenvalue weighted by Gasteiger charge is -2.15. The average Bonchev–Trinajstić information content (AvgIpc) is 3.10. The first-order valence-electron chi connectivity index (χ1n) is 8.16. The van der Waals surface area contributed by atoms with E-state index >= 15 is 0 Å². The number of nitrogens with one attached hydrogen (secondary N) is 1. The highest BCUT2D eigenvalue weighted by molar-refractivity contribution is 5.36. The van der Waals surface area contributed by atoms with Crippen molar-refractivity contribution in [2.75, 3.05) is 0 Å². The highest BCUT2D eigenvalue weighted by Crippen LogP contribution is 2.22. The Morgan fingerprint density at radius 3 is 2.52 bits per heavy atom. The Morgan fingerprint density at radius 1 is 1.12 bits per heavy atom.